The van der Waals surface area contributed by atoms with E-state index in [1.165, 1.54) is 0 Å². The lowest BCUT2D eigenvalue weighted by Crippen LogP contribution is -2.42. The van der Waals surface area contributed by atoms with Gasteiger partial charge in [0.1, 0.15) is 0 Å². The van der Waals surface area contributed by atoms with Crippen LogP contribution in [0.15, 0.2) is 18.2 Å². The Morgan fingerprint density at radius 2 is 1.92 bits per heavy atom. The van der Waals surface area contributed by atoms with Gasteiger partial charge in [-0.3, -0.25) is 14.4 Å². The monoisotopic (exact) mass is 330 g/mol. The molecule has 1 saturated carbocycles. The van der Waals surface area contributed by atoms with Gasteiger partial charge in [0.05, 0.1) is 5.92 Å². The summed E-state index contributed by atoms with van der Waals surface area (Å²) in [5, 5.41) is 15.1. The quantitative estimate of drug-likeness (QED) is 0.741. The number of benzene rings is 1. The maximum absolute atomic E-state index is 12.6. The molecule has 0 radical (unpaired) electrons. The fraction of sp³-hybridized carbons (Fsp3) is 0.500. The summed E-state index contributed by atoms with van der Waals surface area (Å²) in [4.78, 5) is 35.4. The standard InChI is InChI=1S/C18H22N2O4/c21-16-9-7-11-10-12(6-8-14(11)19-16)17(22)20-15-5-3-1-2-4-13(15)18(23)24/h6,8,10,13,15H,1-5,7,9H2,(H,19,21)(H,20,22)(H,23,24). The Balaban J connectivity index is 1.74. The molecule has 0 saturated heterocycles. The molecule has 3 rings (SSSR count). The average molecular weight is 330 g/mol. The Morgan fingerprint density at radius 1 is 1.12 bits per heavy atom. The molecule has 2 amide bonds. The van der Waals surface area contributed by atoms with Gasteiger partial charge in [-0.05, 0) is 43.0 Å². The fourth-order valence-electron chi connectivity index (χ4n) is 3.55. The van der Waals surface area contributed by atoms with Crippen molar-refractivity contribution >= 4 is 23.5 Å². The molecule has 128 valence electrons. The fourth-order valence-corrected chi connectivity index (χ4v) is 3.55. The molecule has 1 heterocycles. The van der Waals surface area contributed by atoms with Crippen LogP contribution in [0.5, 0.6) is 0 Å². The van der Waals surface area contributed by atoms with E-state index in [2.05, 4.69) is 10.6 Å². The largest absolute Gasteiger partial charge is 0.481 e. The van der Waals surface area contributed by atoms with E-state index in [9.17, 15) is 19.5 Å². The van der Waals surface area contributed by atoms with Crippen molar-refractivity contribution in [1.82, 2.24) is 5.32 Å². The number of carboxylic acids is 1. The number of amides is 2. The van der Waals surface area contributed by atoms with E-state index in [4.69, 9.17) is 0 Å². The number of fused-ring (bicyclic) bond motifs is 1. The zero-order valence-corrected chi connectivity index (χ0v) is 13.5. The summed E-state index contributed by atoms with van der Waals surface area (Å²) in [6, 6.07) is 4.87. The predicted octanol–water partition coefficient (Wildman–Crippen LogP) is 2.33. The smallest absolute Gasteiger partial charge is 0.308 e. The Bertz CT molecular complexity index is 671. The van der Waals surface area contributed by atoms with Gasteiger partial charge in [0, 0.05) is 23.7 Å². The summed E-state index contributed by atoms with van der Waals surface area (Å²) in [6.45, 7) is 0. The second-order valence-electron chi connectivity index (χ2n) is 6.58. The number of aryl methyl sites for hydroxylation is 1. The van der Waals surface area contributed by atoms with Crippen molar-refractivity contribution in [2.75, 3.05) is 5.32 Å². The van der Waals surface area contributed by atoms with Crippen LogP contribution in [0.25, 0.3) is 0 Å². The molecule has 1 fully saturated rings. The van der Waals surface area contributed by atoms with E-state index in [-0.39, 0.29) is 17.9 Å². The Kier molecular flexibility index (Phi) is 4.83. The number of carbonyl (C=O) groups is 3. The van der Waals surface area contributed by atoms with E-state index in [0.29, 0.717) is 31.2 Å². The van der Waals surface area contributed by atoms with E-state index < -0.39 is 11.9 Å². The zero-order chi connectivity index (χ0) is 17.1. The van der Waals surface area contributed by atoms with E-state index in [1.54, 1.807) is 18.2 Å². The molecule has 24 heavy (non-hydrogen) atoms. The molecule has 1 aliphatic carbocycles. The number of hydrogen-bond acceptors (Lipinski definition) is 3. The highest BCUT2D eigenvalue weighted by Crippen LogP contribution is 2.26. The molecule has 2 unspecified atom stereocenters. The van der Waals surface area contributed by atoms with Crippen LogP contribution in [0, 0.1) is 5.92 Å². The molecule has 1 aromatic carbocycles. The normalized spacial score (nSPS) is 23.6. The van der Waals surface area contributed by atoms with Crippen LogP contribution in [0.1, 0.15) is 54.4 Å². The van der Waals surface area contributed by atoms with Gasteiger partial charge in [-0.1, -0.05) is 19.3 Å². The van der Waals surface area contributed by atoms with Crippen molar-refractivity contribution < 1.29 is 19.5 Å². The lowest BCUT2D eigenvalue weighted by atomic mass is 9.94. The van der Waals surface area contributed by atoms with Crippen LogP contribution < -0.4 is 10.6 Å². The number of aliphatic carboxylic acids is 1. The van der Waals surface area contributed by atoms with E-state index in [0.717, 1.165) is 30.5 Å². The zero-order valence-electron chi connectivity index (χ0n) is 13.5. The van der Waals surface area contributed by atoms with Crippen LogP contribution >= 0.6 is 0 Å². The van der Waals surface area contributed by atoms with Gasteiger partial charge in [0.15, 0.2) is 0 Å². The van der Waals surface area contributed by atoms with Crippen molar-refractivity contribution in [2.24, 2.45) is 5.92 Å². The number of hydrogen-bond donors (Lipinski definition) is 3. The van der Waals surface area contributed by atoms with Crippen molar-refractivity contribution in [3.05, 3.63) is 29.3 Å². The SMILES string of the molecule is O=C1CCc2cc(C(=O)NC3CCCCCC3C(=O)O)ccc2N1. The predicted molar refractivity (Wildman–Crippen MR) is 88.9 cm³/mol. The van der Waals surface area contributed by atoms with Gasteiger partial charge < -0.3 is 15.7 Å². The molecule has 2 aliphatic rings. The molecular formula is C18H22N2O4. The van der Waals surface area contributed by atoms with Gasteiger partial charge in [-0.15, -0.1) is 0 Å². The molecule has 6 heteroatoms. The minimum absolute atomic E-state index is 0.0116. The summed E-state index contributed by atoms with van der Waals surface area (Å²) in [6.07, 6.45) is 5.17. The second-order valence-corrected chi connectivity index (χ2v) is 6.58. The van der Waals surface area contributed by atoms with Crippen molar-refractivity contribution in [1.29, 1.82) is 0 Å². The topological polar surface area (TPSA) is 95.5 Å². The summed E-state index contributed by atoms with van der Waals surface area (Å²) >= 11 is 0. The minimum Gasteiger partial charge on any atom is -0.481 e. The first-order valence-corrected chi connectivity index (χ1v) is 8.51. The van der Waals surface area contributed by atoms with Gasteiger partial charge in [-0.2, -0.15) is 0 Å². The minimum atomic E-state index is -0.838. The van der Waals surface area contributed by atoms with Gasteiger partial charge in [0.2, 0.25) is 5.91 Å². The van der Waals surface area contributed by atoms with Crippen molar-refractivity contribution in [3.8, 4) is 0 Å². The summed E-state index contributed by atoms with van der Waals surface area (Å²) in [7, 11) is 0. The molecule has 1 aromatic rings. The highest BCUT2D eigenvalue weighted by atomic mass is 16.4. The number of nitrogens with one attached hydrogen (secondary N) is 2. The maximum atomic E-state index is 12.6. The Hall–Kier alpha value is -2.37. The van der Waals surface area contributed by atoms with E-state index in [1.807, 2.05) is 0 Å². The molecule has 3 N–H and O–H groups in total. The molecule has 0 spiro atoms. The maximum Gasteiger partial charge on any atom is 0.308 e. The Morgan fingerprint density at radius 3 is 2.71 bits per heavy atom. The highest BCUT2D eigenvalue weighted by molar-refractivity contribution is 5.98. The molecule has 6 nitrogen and oxygen atoms in total. The van der Waals surface area contributed by atoms with Crippen LogP contribution in [-0.4, -0.2) is 28.9 Å². The molecule has 2 atom stereocenters. The molecular weight excluding hydrogens is 308 g/mol. The first-order valence-electron chi connectivity index (χ1n) is 8.51. The summed E-state index contributed by atoms with van der Waals surface area (Å²) < 4.78 is 0. The second kappa shape index (κ2) is 7.03. The first-order chi connectivity index (χ1) is 11.5. The van der Waals surface area contributed by atoms with Crippen molar-refractivity contribution in [2.45, 2.75) is 51.0 Å². The average Bonchev–Trinajstić information content (AvgIpc) is 2.79. The third-order valence-corrected chi connectivity index (χ3v) is 4.91. The molecule has 1 aliphatic heterocycles. The van der Waals surface area contributed by atoms with Crippen LogP contribution in [-0.2, 0) is 16.0 Å². The summed E-state index contributed by atoms with van der Waals surface area (Å²) in [5.74, 6) is -1.61. The lowest BCUT2D eigenvalue weighted by molar-refractivity contribution is -0.142. The number of rotatable bonds is 3. The number of carbonyl (C=O) groups excluding carboxylic acids is 2. The first kappa shape index (κ1) is 16.5. The highest BCUT2D eigenvalue weighted by Gasteiger charge is 2.31. The molecule has 0 aromatic heterocycles. The van der Waals surface area contributed by atoms with E-state index >= 15 is 0 Å². The third kappa shape index (κ3) is 3.58. The van der Waals surface area contributed by atoms with Crippen molar-refractivity contribution in [3.63, 3.8) is 0 Å². The molecule has 0 bridgehead atoms. The summed E-state index contributed by atoms with van der Waals surface area (Å²) in [5.41, 5.74) is 2.21. The Labute approximate surface area is 140 Å². The van der Waals surface area contributed by atoms with Gasteiger partial charge in [-0.25, -0.2) is 0 Å². The van der Waals surface area contributed by atoms with Crippen LogP contribution in [0.4, 0.5) is 5.69 Å². The number of anilines is 1. The van der Waals surface area contributed by atoms with Gasteiger partial charge >= 0.3 is 5.97 Å². The van der Waals surface area contributed by atoms with Crippen LogP contribution in [0.2, 0.25) is 0 Å². The lowest BCUT2D eigenvalue weighted by Gasteiger charge is -2.23. The van der Waals surface area contributed by atoms with Crippen LogP contribution in [0.3, 0.4) is 0 Å². The third-order valence-electron chi connectivity index (χ3n) is 4.91. The van der Waals surface area contributed by atoms with Gasteiger partial charge in [0.25, 0.3) is 5.91 Å². The number of carboxylic acid groups (broad SMARTS) is 1.